The highest BCUT2D eigenvalue weighted by molar-refractivity contribution is 5.86. The van der Waals surface area contributed by atoms with Gasteiger partial charge in [0.25, 0.3) is 0 Å². The van der Waals surface area contributed by atoms with E-state index in [1.54, 1.807) is 6.92 Å². The van der Waals surface area contributed by atoms with Crippen LogP contribution in [-0.4, -0.2) is 25.0 Å². The Morgan fingerprint density at radius 3 is 2.58 bits per heavy atom. The van der Waals surface area contributed by atoms with Crippen LogP contribution in [0.4, 0.5) is 0 Å². The summed E-state index contributed by atoms with van der Waals surface area (Å²) in [5.74, 6) is 1.21. The van der Waals surface area contributed by atoms with Crippen LogP contribution in [0.5, 0.6) is 0 Å². The van der Waals surface area contributed by atoms with E-state index in [9.17, 15) is 9.59 Å². The molecule has 0 aromatic rings. The molecule has 4 nitrogen and oxygen atoms in total. The SMILES string of the molecule is C#C[C@H](NC(=O)CC)C(=O)OC. The van der Waals surface area contributed by atoms with Crippen molar-refractivity contribution in [3.8, 4) is 12.3 Å². The van der Waals surface area contributed by atoms with Gasteiger partial charge in [-0.15, -0.1) is 6.42 Å². The molecule has 0 aromatic carbocycles. The van der Waals surface area contributed by atoms with Crippen molar-refractivity contribution >= 4 is 11.9 Å². The number of nitrogens with one attached hydrogen (secondary N) is 1. The topological polar surface area (TPSA) is 55.4 Å². The van der Waals surface area contributed by atoms with E-state index in [1.165, 1.54) is 7.11 Å². The summed E-state index contributed by atoms with van der Waals surface area (Å²) in [6, 6.07) is -0.970. The predicted molar refractivity (Wildman–Crippen MR) is 43.1 cm³/mol. The molecular formula is C8H11NO3. The molecule has 1 amide bonds. The molecule has 0 saturated carbocycles. The molecule has 0 unspecified atom stereocenters. The summed E-state index contributed by atoms with van der Waals surface area (Å²) in [6.45, 7) is 1.67. The van der Waals surface area contributed by atoms with Crippen LogP contribution in [0.25, 0.3) is 0 Å². The highest BCUT2D eigenvalue weighted by Crippen LogP contribution is 1.87. The van der Waals surface area contributed by atoms with Gasteiger partial charge in [0, 0.05) is 6.42 Å². The lowest BCUT2D eigenvalue weighted by Gasteiger charge is -2.08. The molecule has 0 radical (unpaired) electrons. The first-order valence-corrected chi connectivity index (χ1v) is 3.49. The normalized spacial score (nSPS) is 11.1. The van der Waals surface area contributed by atoms with Gasteiger partial charge in [-0.2, -0.15) is 0 Å². The number of methoxy groups -OCH3 is 1. The minimum absolute atomic E-state index is 0.275. The van der Waals surface area contributed by atoms with Crippen LogP contribution in [0.3, 0.4) is 0 Å². The Bertz CT molecular complexity index is 217. The average molecular weight is 169 g/mol. The summed E-state index contributed by atoms with van der Waals surface area (Å²) in [6.07, 6.45) is 5.27. The van der Waals surface area contributed by atoms with Gasteiger partial charge < -0.3 is 10.1 Å². The van der Waals surface area contributed by atoms with Crippen LogP contribution in [0.15, 0.2) is 0 Å². The van der Waals surface area contributed by atoms with Crippen LogP contribution in [-0.2, 0) is 14.3 Å². The molecule has 1 N–H and O–H groups in total. The largest absolute Gasteiger partial charge is 0.467 e. The summed E-state index contributed by atoms with van der Waals surface area (Å²) in [4.78, 5) is 21.6. The van der Waals surface area contributed by atoms with E-state index in [0.717, 1.165) is 0 Å². The predicted octanol–water partition coefficient (Wildman–Crippen LogP) is -0.313. The van der Waals surface area contributed by atoms with Crippen molar-refractivity contribution in [2.45, 2.75) is 19.4 Å². The van der Waals surface area contributed by atoms with Gasteiger partial charge >= 0.3 is 5.97 Å². The fourth-order valence-corrected chi connectivity index (χ4v) is 0.550. The maximum Gasteiger partial charge on any atom is 0.341 e. The standard InChI is InChI=1S/C8H11NO3/c1-4-6(8(11)12-3)9-7(10)5-2/h1,6H,5H2,2-3H3,(H,9,10)/t6-/m0/s1. The zero-order chi connectivity index (χ0) is 9.56. The Balaban J connectivity index is 4.11. The van der Waals surface area contributed by atoms with Crippen molar-refractivity contribution in [3.63, 3.8) is 0 Å². The van der Waals surface area contributed by atoms with Crippen LogP contribution >= 0.6 is 0 Å². The first-order chi connectivity index (χ1) is 5.65. The summed E-state index contributed by atoms with van der Waals surface area (Å²) >= 11 is 0. The zero-order valence-corrected chi connectivity index (χ0v) is 7.09. The molecule has 0 aromatic heterocycles. The van der Waals surface area contributed by atoms with E-state index >= 15 is 0 Å². The Morgan fingerprint density at radius 2 is 2.25 bits per heavy atom. The van der Waals surface area contributed by atoms with Crippen molar-refractivity contribution in [1.82, 2.24) is 5.32 Å². The van der Waals surface area contributed by atoms with Crippen LogP contribution in [0.2, 0.25) is 0 Å². The molecular weight excluding hydrogens is 158 g/mol. The molecule has 12 heavy (non-hydrogen) atoms. The third-order valence-electron chi connectivity index (χ3n) is 1.23. The lowest BCUT2D eigenvalue weighted by atomic mass is 10.3. The van der Waals surface area contributed by atoms with Gasteiger partial charge in [0.1, 0.15) is 0 Å². The molecule has 0 bridgehead atoms. The van der Waals surface area contributed by atoms with Gasteiger partial charge in [-0.3, -0.25) is 4.79 Å². The number of hydrogen-bond donors (Lipinski definition) is 1. The zero-order valence-electron chi connectivity index (χ0n) is 7.09. The van der Waals surface area contributed by atoms with Crippen molar-refractivity contribution in [1.29, 1.82) is 0 Å². The number of hydrogen-bond acceptors (Lipinski definition) is 3. The Kier molecular flexibility index (Phi) is 4.54. The average Bonchev–Trinajstić information content (AvgIpc) is 2.12. The second kappa shape index (κ2) is 5.19. The molecule has 0 spiro atoms. The maximum atomic E-state index is 10.8. The summed E-state index contributed by atoms with van der Waals surface area (Å²) in [7, 11) is 1.21. The number of carbonyl (C=O) groups excluding carboxylic acids is 2. The van der Waals surface area contributed by atoms with E-state index in [4.69, 9.17) is 6.42 Å². The second-order valence-corrected chi connectivity index (χ2v) is 2.04. The first kappa shape index (κ1) is 10.5. The Morgan fingerprint density at radius 1 is 1.67 bits per heavy atom. The monoisotopic (exact) mass is 169 g/mol. The lowest BCUT2D eigenvalue weighted by Crippen LogP contribution is -2.39. The van der Waals surface area contributed by atoms with Gasteiger partial charge in [-0.25, -0.2) is 4.79 Å². The van der Waals surface area contributed by atoms with Crippen LogP contribution in [0, 0.1) is 12.3 Å². The molecule has 0 aliphatic rings. The van der Waals surface area contributed by atoms with Gasteiger partial charge in [-0.05, 0) is 0 Å². The number of amides is 1. The quantitative estimate of drug-likeness (QED) is 0.465. The fraction of sp³-hybridized carbons (Fsp3) is 0.500. The number of ether oxygens (including phenoxy) is 1. The minimum atomic E-state index is -0.970. The molecule has 0 aliphatic carbocycles. The van der Waals surface area contributed by atoms with Gasteiger partial charge in [0.15, 0.2) is 6.04 Å². The van der Waals surface area contributed by atoms with Crippen molar-refractivity contribution < 1.29 is 14.3 Å². The number of esters is 1. The smallest absolute Gasteiger partial charge is 0.341 e. The maximum absolute atomic E-state index is 10.8. The first-order valence-electron chi connectivity index (χ1n) is 3.49. The summed E-state index contributed by atoms with van der Waals surface area (Å²) in [5.41, 5.74) is 0. The van der Waals surface area contributed by atoms with Crippen molar-refractivity contribution in [3.05, 3.63) is 0 Å². The highest BCUT2D eigenvalue weighted by atomic mass is 16.5. The molecule has 4 heteroatoms. The van der Waals surface area contributed by atoms with E-state index in [0.29, 0.717) is 0 Å². The molecule has 1 atom stereocenters. The van der Waals surface area contributed by atoms with Crippen LogP contribution in [0.1, 0.15) is 13.3 Å². The minimum Gasteiger partial charge on any atom is -0.467 e. The third kappa shape index (κ3) is 3.06. The Hall–Kier alpha value is -1.50. The van der Waals surface area contributed by atoms with Gasteiger partial charge in [0.05, 0.1) is 7.11 Å². The number of rotatable bonds is 3. The Labute approximate surface area is 71.3 Å². The van der Waals surface area contributed by atoms with Gasteiger partial charge in [0.2, 0.25) is 5.91 Å². The van der Waals surface area contributed by atoms with Gasteiger partial charge in [-0.1, -0.05) is 12.8 Å². The summed E-state index contributed by atoms with van der Waals surface area (Å²) < 4.78 is 4.35. The van der Waals surface area contributed by atoms with Crippen molar-refractivity contribution in [2.24, 2.45) is 0 Å². The van der Waals surface area contributed by atoms with Crippen LogP contribution < -0.4 is 5.32 Å². The van der Waals surface area contributed by atoms with E-state index in [2.05, 4.69) is 16.0 Å². The molecule has 0 rings (SSSR count). The fourth-order valence-electron chi connectivity index (χ4n) is 0.550. The number of carbonyl (C=O) groups is 2. The molecule has 0 heterocycles. The third-order valence-corrected chi connectivity index (χ3v) is 1.23. The van der Waals surface area contributed by atoms with Crippen molar-refractivity contribution in [2.75, 3.05) is 7.11 Å². The lowest BCUT2D eigenvalue weighted by molar-refractivity contribution is -0.143. The highest BCUT2D eigenvalue weighted by Gasteiger charge is 2.17. The second-order valence-electron chi connectivity index (χ2n) is 2.04. The van der Waals surface area contributed by atoms with E-state index in [1.807, 2.05) is 0 Å². The van der Waals surface area contributed by atoms with E-state index < -0.39 is 12.0 Å². The van der Waals surface area contributed by atoms with E-state index in [-0.39, 0.29) is 12.3 Å². The summed E-state index contributed by atoms with van der Waals surface area (Å²) in [5, 5.41) is 2.32. The molecule has 0 aliphatic heterocycles. The number of terminal acetylenes is 1. The molecule has 0 fully saturated rings. The molecule has 66 valence electrons. The molecule has 0 saturated heterocycles.